The maximum atomic E-state index is 13.8. The molecule has 1 heterocycles. The Hall–Kier alpha value is -4.61. The van der Waals surface area contributed by atoms with Crippen molar-refractivity contribution in [3.63, 3.8) is 0 Å². The number of esters is 1. The molecule has 0 aliphatic heterocycles. The molecule has 0 radical (unpaired) electrons. The molecule has 0 saturated carbocycles. The van der Waals surface area contributed by atoms with Crippen molar-refractivity contribution in [2.45, 2.75) is 0 Å². The van der Waals surface area contributed by atoms with Gasteiger partial charge in [0.2, 0.25) is 11.6 Å². The lowest BCUT2D eigenvalue weighted by Crippen LogP contribution is -2.31. The van der Waals surface area contributed by atoms with Crippen molar-refractivity contribution in [1.29, 1.82) is 0 Å². The summed E-state index contributed by atoms with van der Waals surface area (Å²) >= 11 is 0. The number of hydrogen-bond acceptors (Lipinski definition) is 9. The van der Waals surface area contributed by atoms with E-state index in [2.05, 4.69) is 20.8 Å². The predicted molar refractivity (Wildman–Crippen MR) is 112 cm³/mol. The van der Waals surface area contributed by atoms with Gasteiger partial charge in [-0.25, -0.2) is 19.2 Å². The van der Waals surface area contributed by atoms with E-state index in [9.17, 15) is 24.1 Å². The average Bonchev–Trinajstić information content (AvgIpc) is 2.81. The summed E-state index contributed by atoms with van der Waals surface area (Å²) in [5.41, 5.74) is 4.13. The van der Waals surface area contributed by atoms with Gasteiger partial charge < -0.3 is 9.64 Å². The van der Waals surface area contributed by atoms with Crippen molar-refractivity contribution >= 4 is 34.9 Å². The Kier molecular flexibility index (Phi) is 6.53. The highest BCUT2D eigenvalue weighted by atomic mass is 19.1. The zero-order valence-corrected chi connectivity index (χ0v) is 16.9. The van der Waals surface area contributed by atoms with Gasteiger partial charge in [0, 0.05) is 7.05 Å². The number of aromatic nitrogens is 2. The van der Waals surface area contributed by atoms with E-state index < -0.39 is 28.3 Å². The lowest BCUT2D eigenvalue weighted by molar-refractivity contribution is -0.383. The average molecular weight is 440 g/mol. The number of nitrogens with one attached hydrogen (secondary N) is 2. The molecule has 2 aromatic carbocycles. The molecule has 0 bridgehead atoms. The minimum absolute atomic E-state index is 0.160. The van der Waals surface area contributed by atoms with Gasteiger partial charge >= 0.3 is 11.7 Å². The van der Waals surface area contributed by atoms with Crippen LogP contribution in [0.5, 0.6) is 0 Å². The Labute approximate surface area is 181 Å². The van der Waals surface area contributed by atoms with Crippen LogP contribution < -0.4 is 15.8 Å². The Bertz CT molecular complexity index is 1190. The molecule has 2 N–H and O–H groups in total. The predicted octanol–water partition coefficient (Wildman–Crippen LogP) is 2.84. The minimum Gasteiger partial charge on any atom is -0.465 e. The minimum atomic E-state index is -0.859. The first-order valence-electron chi connectivity index (χ1n) is 9.06. The maximum Gasteiger partial charge on any atom is 0.355 e. The van der Waals surface area contributed by atoms with E-state index in [0.717, 1.165) is 12.4 Å². The number of rotatable bonds is 7. The molecule has 3 rings (SSSR count). The fraction of sp³-hybridized carbons (Fsp3) is 0.100. The topological polar surface area (TPSA) is 140 Å². The number of halogens is 1. The Morgan fingerprint density at radius 1 is 1.09 bits per heavy atom. The van der Waals surface area contributed by atoms with Gasteiger partial charge in [-0.05, 0) is 24.3 Å². The Morgan fingerprint density at radius 3 is 2.41 bits per heavy atom. The molecule has 0 saturated heterocycles. The van der Waals surface area contributed by atoms with Crippen LogP contribution in [0.25, 0.3) is 0 Å². The zero-order valence-electron chi connectivity index (χ0n) is 16.9. The standard InChI is InChI=1S/C20H17FN6O5/c1-26(15-10-6-4-8-13(15)20(29)32-2)18-16(27(30)31)17(22-11-23-18)24-25-19(28)12-7-3-5-9-14(12)21/h3-11H,1-2H3,(H,25,28)(H,22,23,24). The van der Waals surface area contributed by atoms with E-state index in [0.29, 0.717) is 5.69 Å². The number of ether oxygens (including phenoxy) is 1. The second kappa shape index (κ2) is 9.47. The summed E-state index contributed by atoms with van der Waals surface area (Å²) in [7, 11) is 2.69. The van der Waals surface area contributed by atoms with E-state index in [1.54, 1.807) is 18.2 Å². The van der Waals surface area contributed by atoms with Crippen molar-refractivity contribution in [1.82, 2.24) is 15.4 Å². The SMILES string of the molecule is COC(=O)c1ccccc1N(C)c1ncnc(NNC(=O)c2ccccc2F)c1[N+](=O)[O-]. The number of nitrogens with zero attached hydrogens (tertiary/aromatic N) is 4. The van der Waals surface area contributed by atoms with Crippen LogP contribution in [0.15, 0.2) is 54.9 Å². The monoisotopic (exact) mass is 440 g/mol. The summed E-state index contributed by atoms with van der Waals surface area (Å²) in [6.07, 6.45) is 1.04. The molecule has 12 heteroatoms. The van der Waals surface area contributed by atoms with Crippen LogP contribution in [0.1, 0.15) is 20.7 Å². The molecule has 0 aliphatic rings. The smallest absolute Gasteiger partial charge is 0.355 e. The van der Waals surface area contributed by atoms with Gasteiger partial charge in [0.1, 0.15) is 12.1 Å². The summed E-state index contributed by atoms with van der Waals surface area (Å²) < 4.78 is 18.6. The molecular formula is C20H17FN6O5. The van der Waals surface area contributed by atoms with Gasteiger partial charge in [-0.15, -0.1) is 0 Å². The third-order valence-electron chi connectivity index (χ3n) is 4.39. The quantitative estimate of drug-likeness (QED) is 0.322. The van der Waals surface area contributed by atoms with Crippen LogP contribution >= 0.6 is 0 Å². The number of hydrazine groups is 1. The van der Waals surface area contributed by atoms with E-state index >= 15 is 0 Å². The van der Waals surface area contributed by atoms with Crippen molar-refractivity contribution in [3.05, 3.63) is 81.9 Å². The lowest BCUT2D eigenvalue weighted by Gasteiger charge is -2.21. The number of nitro groups is 1. The highest BCUT2D eigenvalue weighted by Gasteiger charge is 2.28. The van der Waals surface area contributed by atoms with Gasteiger partial charge in [0.25, 0.3) is 5.91 Å². The maximum absolute atomic E-state index is 13.8. The summed E-state index contributed by atoms with van der Waals surface area (Å²) in [5.74, 6) is -2.76. The molecule has 164 valence electrons. The number of amides is 1. The fourth-order valence-electron chi connectivity index (χ4n) is 2.87. The highest BCUT2D eigenvalue weighted by molar-refractivity contribution is 5.97. The Balaban J connectivity index is 1.95. The molecule has 11 nitrogen and oxygen atoms in total. The lowest BCUT2D eigenvalue weighted by atomic mass is 10.1. The summed E-state index contributed by atoms with van der Waals surface area (Å²) in [6.45, 7) is 0. The Morgan fingerprint density at radius 2 is 1.75 bits per heavy atom. The number of carbonyl (C=O) groups excluding carboxylic acids is 2. The molecule has 0 unspecified atom stereocenters. The normalized spacial score (nSPS) is 10.2. The molecule has 3 aromatic rings. The zero-order chi connectivity index (χ0) is 23.3. The number of anilines is 3. The first-order valence-corrected chi connectivity index (χ1v) is 9.06. The van der Waals surface area contributed by atoms with E-state index in [1.165, 1.54) is 43.3 Å². The highest BCUT2D eigenvalue weighted by Crippen LogP contribution is 2.35. The summed E-state index contributed by atoms with van der Waals surface area (Å²) in [4.78, 5) is 44.5. The number of hydrogen-bond donors (Lipinski definition) is 2. The molecule has 32 heavy (non-hydrogen) atoms. The molecule has 0 aliphatic carbocycles. The van der Waals surface area contributed by atoms with Crippen LogP contribution in [0.3, 0.4) is 0 Å². The van der Waals surface area contributed by atoms with Gasteiger partial charge in [0.15, 0.2) is 0 Å². The van der Waals surface area contributed by atoms with Gasteiger partial charge in [-0.2, -0.15) is 0 Å². The van der Waals surface area contributed by atoms with Gasteiger partial charge in [0.05, 0.1) is 28.8 Å². The van der Waals surface area contributed by atoms with Crippen LogP contribution in [0.4, 0.5) is 27.4 Å². The molecule has 0 fully saturated rings. The molecule has 0 atom stereocenters. The molecule has 1 amide bonds. The molecule has 1 aromatic heterocycles. The van der Waals surface area contributed by atoms with E-state index in [1.807, 2.05) is 0 Å². The first kappa shape index (κ1) is 22.1. The summed E-state index contributed by atoms with van der Waals surface area (Å²) in [5, 5.41) is 11.8. The van der Waals surface area contributed by atoms with Crippen molar-refractivity contribution in [2.24, 2.45) is 0 Å². The second-order valence-corrected chi connectivity index (χ2v) is 6.28. The largest absolute Gasteiger partial charge is 0.465 e. The van der Waals surface area contributed by atoms with Crippen LogP contribution in [0, 0.1) is 15.9 Å². The number of methoxy groups -OCH3 is 1. The third-order valence-corrected chi connectivity index (χ3v) is 4.39. The van der Waals surface area contributed by atoms with Crippen LogP contribution in [-0.4, -0.2) is 40.9 Å². The van der Waals surface area contributed by atoms with Gasteiger partial charge in [-0.1, -0.05) is 24.3 Å². The molecular weight excluding hydrogens is 423 g/mol. The van der Waals surface area contributed by atoms with Crippen LogP contribution in [0.2, 0.25) is 0 Å². The number of carbonyl (C=O) groups is 2. The fourth-order valence-corrected chi connectivity index (χ4v) is 2.87. The molecule has 0 spiro atoms. The third kappa shape index (κ3) is 4.43. The van der Waals surface area contributed by atoms with Crippen LogP contribution in [-0.2, 0) is 4.74 Å². The van der Waals surface area contributed by atoms with E-state index in [4.69, 9.17) is 4.74 Å². The second-order valence-electron chi connectivity index (χ2n) is 6.28. The van der Waals surface area contributed by atoms with Crippen molar-refractivity contribution in [3.8, 4) is 0 Å². The van der Waals surface area contributed by atoms with Crippen molar-refractivity contribution in [2.75, 3.05) is 24.5 Å². The van der Waals surface area contributed by atoms with E-state index in [-0.39, 0.29) is 22.8 Å². The van der Waals surface area contributed by atoms with Gasteiger partial charge in [-0.3, -0.25) is 25.8 Å². The number of para-hydroxylation sites is 1. The number of benzene rings is 2. The van der Waals surface area contributed by atoms with Crippen molar-refractivity contribution < 1.29 is 23.6 Å². The first-order chi connectivity index (χ1) is 15.3. The summed E-state index contributed by atoms with van der Waals surface area (Å²) in [6, 6.07) is 11.6.